The third kappa shape index (κ3) is 4.37. The minimum Gasteiger partial charge on any atom is -0.339 e. The number of piperidine rings is 1. The maximum absolute atomic E-state index is 13.1. The molecule has 2 aromatic rings. The maximum atomic E-state index is 13.1. The molecule has 1 aromatic heterocycles. The zero-order valence-electron chi connectivity index (χ0n) is 17.3. The van der Waals surface area contributed by atoms with E-state index in [4.69, 9.17) is 4.98 Å². The van der Waals surface area contributed by atoms with Gasteiger partial charge in [-0.25, -0.2) is 4.98 Å². The highest BCUT2D eigenvalue weighted by Crippen LogP contribution is 2.35. The third-order valence-electron chi connectivity index (χ3n) is 6.45. The van der Waals surface area contributed by atoms with Gasteiger partial charge in [0, 0.05) is 19.1 Å². The summed E-state index contributed by atoms with van der Waals surface area (Å²) in [6, 6.07) is 7.93. The summed E-state index contributed by atoms with van der Waals surface area (Å²) in [6.45, 7) is 3.65. The van der Waals surface area contributed by atoms with E-state index in [0.717, 1.165) is 32.2 Å². The minimum atomic E-state index is 0.00400. The number of benzene rings is 1. The van der Waals surface area contributed by atoms with E-state index in [9.17, 15) is 9.59 Å². The number of fused-ring (bicyclic) bond motifs is 2. The van der Waals surface area contributed by atoms with Gasteiger partial charge in [-0.05, 0) is 50.2 Å². The predicted molar refractivity (Wildman–Crippen MR) is 118 cm³/mol. The standard InChI is InChI=1S/C23H31N3O2S/c1-2-3-14-26-22(28)18-11-5-6-12-19(18)24-23(26)29-16-21(27)25-15-8-10-17-9-4-7-13-20(17)25/h5-6,11-12,17,20H,2-4,7-10,13-16H2,1H3/t17-,20-/m1/s1. The zero-order valence-corrected chi connectivity index (χ0v) is 18.1. The smallest absolute Gasteiger partial charge is 0.262 e. The van der Waals surface area contributed by atoms with Gasteiger partial charge < -0.3 is 4.90 Å². The Hall–Kier alpha value is -1.82. The van der Waals surface area contributed by atoms with E-state index in [1.807, 2.05) is 24.3 Å². The van der Waals surface area contributed by atoms with Crippen molar-refractivity contribution in [1.82, 2.24) is 14.5 Å². The van der Waals surface area contributed by atoms with Crippen molar-refractivity contribution in [3.8, 4) is 0 Å². The Morgan fingerprint density at radius 3 is 2.83 bits per heavy atom. The van der Waals surface area contributed by atoms with Crippen LogP contribution in [0.4, 0.5) is 0 Å². The number of likely N-dealkylation sites (tertiary alicyclic amines) is 1. The highest BCUT2D eigenvalue weighted by Gasteiger charge is 2.35. The lowest BCUT2D eigenvalue weighted by Gasteiger charge is -2.44. The van der Waals surface area contributed by atoms with Crippen LogP contribution in [0.25, 0.3) is 10.9 Å². The summed E-state index contributed by atoms with van der Waals surface area (Å²) in [7, 11) is 0. The molecule has 0 radical (unpaired) electrons. The van der Waals surface area contributed by atoms with Crippen molar-refractivity contribution < 1.29 is 4.79 Å². The van der Waals surface area contributed by atoms with Crippen LogP contribution in [0.15, 0.2) is 34.2 Å². The first-order valence-corrected chi connectivity index (χ1v) is 12.1. The van der Waals surface area contributed by atoms with Crippen LogP contribution in [0.3, 0.4) is 0 Å². The van der Waals surface area contributed by atoms with Crippen LogP contribution in [0.1, 0.15) is 58.3 Å². The molecule has 0 N–H and O–H groups in total. The average molecular weight is 414 g/mol. The summed E-state index contributed by atoms with van der Waals surface area (Å²) in [5.41, 5.74) is 0.717. The number of hydrogen-bond acceptors (Lipinski definition) is 4. The number of amides is 1. The normalized spacial score (nSPS) is 21.9. The van der Waals surface area contributed by atoms with Crippen LogP contribution < -0.4 is 5.56 Å². The molecule has 2 atom stereocenters. The molecule has 156 valence electrons. The summed E-state index contributed by atoms with van der Waals surface area (Å²) in [5.74, 6) is 1.25. The average Bonchev–Trinajstić information content (AvgIpc) is 2.76. The molecule has 4 rings (SSSR count). The topological polar surface area (TPSA) is 55.2 Å². The number of aromatic nitrogens is 2. The molecule has 0 bridgehead atoms. The molecule has 2 heterocycles. The van der Waals surface area contributed by atoms with Gasteiger partial charge in [-0.1, -0.05) is 50.1 Å². The fourth-order valence-electron chi connectivity index (χ4n) is 4.91. The van der Waals surface area contributed by atoms with Crippen molar-refractivity contribution in [3.63, 3.8) is 0 Å². The van der Waals surface area contributed by atoms with Crippen molar-refractivity contribution in [2.24, 2.45) is 5.92 Å². The number of carbonyl (C=O) groups is 1. The number of para-hydroxylation sites is 1. The molecule has 1 saturated carbocycles. The molecule has 1 aromatic carbocycles. The lowest BCUT2D eigenvalue weighted by Crippen LogP contribution is -2.50. The van der Waals surface area contributed by atoms with E-state index < -0.39 is 0 Å². The fraction of sp³-hybridized carbons (Fsp3) is 0.609. The molecule has 1 aliphatic heterocycles. The van der Waals surface area contributed by atoms with E-state index >= 15 is 0 Å². The number of nitrogens with zero attached hydrogens (tertiary/aromatic N) is 3. The Bertz CT molecular complexity index is 924. The van der Waals surface area contributed by atoms with Crippen LogP contribution in [0.5, 0.6) is 0 Å². The second-order valence-corrected chi connectivity index (χ2v) is 9.29. The Morgan fingerprint density at radius 1 is 1.17 bits per heavy atom. The van der Waals surface area contributed by atoms with Crippen LogP contribution in [0, 0.1) is 5.92 Å². The van der Waals surface area contributed by atoms with Gasteiger partial charge in [0.2, 0.25) is 5.91 Å². The second kappa shape index (κ2) is 9.33. The van der Waals surface area contributed by atoms with E-state index in [2.05, 4.69) is 11.8 Å². The molecule has 2 aliphatic rings. The molecular weight excluding hydrogens is 382 g/mol. The quantitative estimate of drug-likeness (QED) is 0.518. The molecule has 29 heavy (non-hydrogen) atoms. The third-order valence-corrected chi connectivity index (χ3v) is 7.41. The fourth-order valence-corrected chi connectivity index (χ4v) is 5.83. The van der Waals surface area contributed by atoms with E-state index in [0.29, 0.717) is 40.3 Å². The Kier molecular flexibility index (Phi) is 6.58. The summed E-state index contributed by atoms with van der Waals surface area (Å²) in [5, 5.41) is 1.33. The first-order chi connectivity index (χ1) is 14.2. The zero-order chi connectivity index (χ0) is 20.2. The molecule has 1 aliphatic carbocycles. The van der Waals surface area contributed by atoms with Crippen molar-refractivity contribution in [1.29, 1.82) is 0 Å². The lowest BCUT2D eigenvalue weighted by atomic mass is 9.78. The molecule has 0 spiro atoms. The van der Waals surface area contributed by atoms with Gasteiger partial charge in [0.15, 0.2) is 5.16 Å². The van der Waals surface area contributed by atoms with Crippen molar-refractivity contribution >= 4 is 28.6 Å². The Labute approximate surface area is 176 Å². The summed E-state index contributed by atoms with van der Waals surface area (Å²) >= 11 is 1.43. The SMILES string of the molecule is CCCCn1c(SCC(=O)N2CCC[C@H]3CCCC[C@H]32)nc2ccccc2c1=O. The Balaban J connectivity index is 1.54. The van der Waals surface area contributed by atoms with Crippen LogP contribution >= 0.6 is 11.8 Å². The predicted octanol–water partition coefficient (Wildman–Crippen LogP) is 4.47. The molecule has 6 heteroatoms. The first kappa shape index (κ1) is 20.5. The number of hydrogen-bond donors (Lipinski definition) is 0. The second-order valence-electron chi connectivity index (χ2n) is 8.35. The van der Waals surface area contributed by atoms with Crippen LogP contribution in [0.2, 0.25) is 0 Å². The van der Waals surface area contributed by atoms with Crippen molar-refractivity contribution in [2.75, 3.05) is 12.3 Å². The summed E-state index contributed by atoms with van der Waals surface area (Å²) in [4.78, 5) is 33.0. The number of carbonyl (C=O) groups excluding carboxylic acids is 1. The lowest BCUT2D eigenvalue weighted by molar-refractivity contribution is -0.134. The van der Waals surface area contributed by atoms with E-state index in [1.54, 1.807) is 4.57 Å². The molecule has 0 unspecified atom stereocenters. The van der Waals surface area contributed by atoms with Crippen molar-refractivity contribution in [2.45, 2.75) is 76.0 Å². The highest BCUT2D eigenvalue weighted by molar-refractivity contribution is 7.99. The highest BCUT2D eigenvalue weighted by atomic mass is 32.2. The largest absolute Gasteiger partial charge is 0.339 e. The van der Waals surface area contributed by atoms with Gasteiger partial charge in [-0.15, -0.1) is 0 Å². The minimum absolute atomic E-state index is 0.00400. The van der Waals surface area contributed by atoms with E-state index in [1.165, 1.54) is 37.4 Å². The Morgan fingerprint density at radius 2 is 1.97 bits per heavy atom. The molecule has 1 saturated heterocycles. The molecule has 1 amide bonds. The van der Waals surface area contributed by atoms with Crippen LogP contribution in [-0.4, -0.2) is 38.7 Å². The molecule has 5 nitrogen and oxygen atoms in total. The first-order valence-electron chi connectivity index (χ1n) is 11.1. The number of thioether (sulfide) groups is 1. The molecule has 2 fully saturated rings. The number of unbranched alkanes of at least 4 members (excludes halogenated alkanes) is 1. The van der Waals surface area contributed by atoms with Gasteiger partial charge in [0.05, 0.1) is 16.7 Å². The maximum Gasteiger partial charge on any atom is 0.262 e. The van der Waals surface area contributed by atoms with Gasteiger partial charge in [0.1, 0.15) is 0 Å². The van der Waals surface area contributed by atoms with Gasteiger partial charge in [0.25, 0.3) is 5.56 Å². The molecular formula is C23H31N3O2S. The summed E-state index contributed by atoms with van der Waals surface area (Å²) < 4.78 is 1.77. The monoisotopic (exact) mass is 413 g/mol. The van der Waals surface area contributed by atoms with Gasteiger partial charge in [-0.2, -0.15) is 0 Å². The number of rotatable bonds is 6. The summed E-state index contributed by atoms with van der Waals surface area (Å²) in [6.07, 6.45) is 9.29. The van der Waals surface area contributed by atoms with Gasteiger partial charge in [-0.3, -0.25) is 14.2 Å². The van der Waals surface area contributed by atoms with Crippen molar-refractivity contribution in [3.05, 3.63) is 34.6 Å². The van der Waals surface area contributed by atoms with E-state index in [-0.39, 0.29) is 11.5 Å². The van der Waals surface area contributed by atoms with Gasteiger partial charge >= 0.3 is 0 Å². The van der Waals surface area contributed by atoms with Crippen LogP contribution in [-0.2, 0) is 11.3 Å².